The van der Waals surface area contributed by atoms with Gasteiger partial charge in [-0.15, -0.1) is 0 Å². The highest BCUT2D eigenvalue weighted by Gasteiger charge is 2.45. The van der Waals surface area contributed by atoms with Crippen molar-refractivity contribution in [2.24, 2.45) is 18.8 Å². The minimum atomic E-state index is 0.189. The summed E-state index contributed by atoms with van der Waals surface area (Å²) in [6, 6.07) is 10.9. The van der Waals surface area contributed by atoms with Crippen molar-refractivity contribution in [1.82, 2.24) is 15.2 Å². The molecule has 0 aliphatic heterocycles. The number of nitrogens with one attached hydrogen (secondary N) is 1. The number of hydrazine groups is 1. The Morgan fingerprint density at radius 3 is 2.55 bits per heavy atom. The zero-order valence-electron chi connectivity index (χ0n) is 12.3. The topological polar surface area (TPSA) is 55.9 Å². The first-order valence-corrected chi connectivity index (χ1v) is 7.14. The highest BCUT2D eigenvalue weighted by Crippen LogP contribution is 2.54. The van der Waals surface area contributed by atoms with Crippen LogP contribution in [0.15, 0.2) is 30.3 Å². The molecule has 3 unspecified atom stereocenters. The quantitative estimate of drug-likeness (QED) is 0.662. The summed E-state index contributed by atoms with van der Waals surface area (Å²) in [5, 5.41) is 4.51. The van der Waals surface area contributed by atoms with Gasteiger partial charge >= 0.3 is 0 Å². The van der Waals surface area contributed by atoms with Gasteiger partial charge in [0.2, 0.25) is 0 Å². The molecular weight excluding hydrogens is 248 g/mol. The fraction of sp³-hybridized carbons (Fsp3) is 0.438. The molecule has 1 aromatic heterocycles. The highest BCUT2D eigenvalue weighted by molar-refractivity contribution is 5.34. The fourth-order valence-electron chi connectivity index (χ4n) is 3.33. The van der Waals surface area contributed by atoms with Crippen LogP contribution >= 0.6 is 0 Å². The van der Waals surface area contributed by atoms with E-state index in [1.807, 2.05) is 11.7 Å². The van der Waals surface area contributed by atoms with E-state index in [4.69, 9.17) is 5.84 Å². The smallest absolute Gasteiger partial charge is 0.0644 e. The molecule has 1 aromatic carbocycles. The van der Waals surface area contributed by atoms with E-state index in [1.165, 1.54) is 23.2 Å². The average molecular weight is 270 g/mol. The number of aryl methyl sites for hydroxylation is 2. The Morgan fingerprint density at radius 2 is 2.00 bits per heavy atom. The van der Waals surface area contributed by atoms with Crippen LogP contribution in [0.25, 0.3) is 0 Å². The van der Waals surface area contributed by atoms with E-state index in [1.54, 1.807) is 0 Å². The second-order valence-corrected chi connectivity index (χ2v) is 5.77. The zero-order chi connectivity index (χ0) is 14.3. The summed E-state index contributed by atoms with van der Waals surface area (Å²) in [5.74, 6) is 7.01. The van der Waals surface area contributed by atoms with E-state index in [0.29, 0.717) is 11.8 Å². The molecular formula is C16H22N4. The largest absolute Gasteiger partial charge is 0.272 e. The van der Waals surface area contributed by atoms with Crippen LogP contribution in [0.3, 0.4) is 0 Å². The predicted molar refractivity (Wildman–Crippen MR) is 80.0 cm³/mol. The molecule has 20 heavy (non-hydrogen) atoms. The van der Waals surface area contributed by atoms with E-state index in [9.17, 15) is 0 Å². The first-order chi connectivity index (χ1) is 9.63. The number of nitrogens with zero attached hydrogens (tertiary/aromatic N) is 2. The van der Waals surface area contributed by atoms with Gasteiger partial charge in [0.15, 0.2) is 0 Å². The van der Waals surface area contributed by atoms with Gasteiger partial charge in [-0.3, -0.25) is 16.0 Å². The maximum atomic E-state index is 5.85. The predicted octanol–water partition coefficient (Wildman–Crippen LogP) is 2.35. The first kappa shape index (κ1) is 13.3. The number of nitrogens with two attached hydrogens (primary N) is 1. The molecule has 0 spiro atoms. The van der Waals surface area contributed by atoms with E-state index in [0.717, 1.165) is 5.69 Å². The SMILES string of the molecule is Cc1nn(C)c(C)c1C(NN)C1CC1c1ccccc1. The lowest BCUT2D eigenvalue weighted by molar-refractivity contribution is 0.482. The van der Waals surface area contributed by atoms with Gasteiger partial charge < -0.3 is 0 Å². The molecule has 0 saturated heterocycles. The van der Waals surface area contributed by atoms with Crippen LogP contribution in [0.5, 0.6) is 0 Å². The average Bonchev–Trinajstić information content (AvgIpc) is 3.20. The van der Waals surface area contributed by atoms with Gasteiger partial charge in [0.1, 0.15) is 0 Å². The Kier molecular flexibility index (Phi) is 3.36. The Hall–Kier alpha value is -1.65. The minimum absolute atomic E-state index is 0.189. The third-order valence-electron chi connectivity index (χ3n) is 4.55. The van der Waals surface area contributed by atoms with Gasteiger partial charge in [-0.1, -0.05) is 30.3 Å². The molecule has 4 heteroatoms. The highest BCUT2D eigenvalue weighted by atomic mass is 15.3. The van der Waals surface area contributed by atoms with Gasteiger partial charge in [0.25, 0.3) is 0 Å². The third-order valence-corrected chi connectivity index (χ3v) is 4.55. The molecule has 106 valence electrons. The van der Waals surface area contributed by atoms with Crippen LogP contribution < -0.4 is 11.3 Å². The molecule has 3 N–H and O–H groups in total. The number of hydrogen-bond donors (Lipinski definition) is 2. The summed E-state index contributed by atoms with van der Waals surface area (Å²) in [6.07, 6.45) is 1.19. The first-order valence-electron chi connectivity index (χ1n) is 7.14. The molecule has 1 heterocycles. The van der Waals surface area contributed by atoms with Gasteiger partial charge in [-0.25, -0.2) is 0 Å². The lowest BCUT2D eigenvalue weighted by Crippen LogP contribution is -2.30. The van der Waals surface area contributed by atoms with Gasteiger partial charge in [0.05, 0.1) is 11.7 Å². The van der Waals surface area contributed by atoms with Gasteiger partial charge in [-0.05, 0) is 37.7 Å². The Bertz CT molecular complexity index is 602. The van der Waals surface area contributed by atoms with Crippen LogP contribution in [0.2, 0.25) is 0 Å². The lowest BCUT2D eigenvalue weighted by atomic mass is 9.98. The van der Waals surface area contributed by atoms with Crippen molar-refractivity contribution in [3.8, 4) is 0 Å². The van der Waals surface area contributed by atoms with Crippen LogP contribution in [0.1, 0.15) is 40.9 Å². The Morgan fingerprint density at radius 1 is 1.30 bits per heavy atom. The Balaban J connectivity index is 1.86. The molecule has 1 aliphatic carbocycles. The van der Waals surface area contributed by atoms with Crippen LogP contribution in [0, 0.1) is 19.8 Å². The number of rotatable bonds is 4. The molecule has 1 fully saturated rings. The van der Waals surface area contributed by atoms with E-state index < -0.39 is 0 Å². The molecule has 0 bridgehead atoms. The van der Waals surface area contributed by atoms with Crippen LogP contribution in [0.4, 0.5) is 0 Å². The van der Waals surface area contributed by atoms with E-state index >= 15 is 0 Å². The van der Waals surface area contributed by atoms with Crippen molar-refractivity contribution in [2.75, 3.05) is 0 Å². The van der Waals surface area contributed by atoms with Crippen molar-refractivity contribution in [1.29, 1.82) is 0 Å². The summed E-state index contributed by atoms with van der Waals surface area (Å²) >= 11 is 0. The number of aromatic nitrogens is 2. The number of benzene rings is 1. The summed E-state index contributed by atoms with van der Waals surface area (Å²) in [7, 11) is 1.99. The van der Waals surface area contributed by atoms with Gasteiger partial charge in [0, 0.05) is 18.3 Å². The second kappa shape index (κ2) is 5.04. The van der Waals surface area contributed by atoms with Crippen LogP contribution in [-0.2, 0) is 7.05 Å². The normalized spacial score (nSPS) is 22.8. The maximum Gasteiger partial charge on any atom is 0.0644 e. The molecule has 0 radical (unpaired) electrons. The summed E-state index contributed by atoms with van der Waals surface area (Å²) in [5.41, 5.74) is 7.97. The molecule has 0 amide bonds. The summed E-state index contributed by atoms with van der Waals surface area (Å²) < 4.78 is 1.94. The van der Waals surface area contributed by atoms with Crippen molar-refractivity contribution < 1.29 is 0 Å². The molecule has 2 aromatic rings. The monoisotopic (exact) mass is 270 g/mol. The third kappa shape index (κ3) is 2.15. The van der Waals surface area contributed by atoms with Crippen LogP contribution in [-0.4, -0.2) is 9.78 Å². The molecule has 1 saturated carbocycles. The molecule has 3 rings (SSSR count). The second-order valence-electron chi connectivity index (χ2n) is 5.77. The van der Waals surface area contributed by atoms with Gasteiger partial charge in [-0.2, -0.15) is 5.10 Å². The number of hydrogen-bond acceptors (Lipinski definition) is 3. The Labute approximate surface area is 120 Å². The zero-order valence-corrected chi connectivity index (χ0v) is 12.3. The fourth-order valence-corrected chi connectivity index (χ4v) is 3.33. The standard InChI is InChI=1S/C16H22N4/c1-10-15(11(2)20(3)19-10)16(18-17)14-9-13(14)12-7-5-4-6-8-12/h4-8,13-14,16,18H,9,17H2,1-3H3. The molecule has 3 atom stereocenters. The van der Waals surface area contributed by atoms with Crippen molar-refractivity contribution in [2.45, 2.75) is 32.2 Å². The summed E-state index contributed by atoms with van der Waals surface area (Å²) in [6.45, 7) is 4.17. The van der Waals surface area contributed by atoms with Crippen molar-refractivity contribution in [3.05, 3.63) is 52.8 Å². The summed E-state index contributed by atoms with van der Waals surface area (Å²) in [4.78, 5) is 0. The maximum absolute atomic E-state index is 5.85. The van der Waals surface area contributed by atoms with Crippen molar-refractivity contribution >= 4 is 0 Å². The molecule has 4 nitrogen and oxygen atoms in total. The lowest BCUT2D eigenvalue weighted by Gasteiger charge is -2.17. The van der Waals surface area contributed by atoms with E-state index in [-0.39, 0.29) is 6.04 Å². The van der Waals surface area contributed by atoms with Crippen molar-refractivity contribution in [3.63, 3.8) is 0 Å². The van der Waals surface area contributed by atoms with E-state index in [2.05, 4.69) is 54.7 Å². The minimum Gasteiger partial charge on any atom is -0.272 e. The molecule has 1 aliphatic rings.